The molecule has 1 heterocycles. The summed E-state index contributed by atoms with van der Waals surface area (Å²) in [6.07, 6.45) is -0.428. The van der Waals surface area contributed by atoms with E-state index in [1.54, 1.807) is 18.7 Å². The van der Waals surface area contributed by atoms with Crippen LogP contribution in [-0.4, -0.2) is 23.8 Å². The first-order chi connectivity index (χ1) is 10.8. The van der Waals surface area contributed by atoms with Crippen LogP contribution < -0.4 is 5.32 Å². The lowest BCUT2D eigenvalue weighted by Gasteiger charge is -2.25. The number of fused-ring (bicyclic) bond motifs is 1. The van der Waals surface area contributed by atoms with E-state index in [0.29, 0.717) is 6.61 Å². The summed E-state index contributed by atoms with van der Waals surface area (Å²) in [4.78, 5) is 17.6. The Kier molecular flexibility index (Phi) is 4.44. The number of ether oxygens (including phenoxy) is 1. The molecule has 2 aromatic carbocycles. The van der Waals surface area contributed by atoms with Gasteiger partial charge < -0.3 is 10.1 Å². The number of nitrogens with zero attached hydrogens (tertiary/aromatic N) is 1. The number of carbonyl (C=O) groups is 1. The summed E-state index contributed by atoms with van der Waals surface area (Å²) in [7, 11) is 0. The Morgan fingerprint density at radius 3 is 2.68 bits per heavy atom. The number of para-hydroxylation sites is 1. The monoisotopic (exact) mass is 312 g/mol. The van der Waals surface area contributed by atoms with Gasteiger partial charge in [0.15, 0.2) is 0 Å². The summed E-state index contributed by atoms with van der Waals surface area (Å²) in [6, 6.07) is 17.8. The molecule has 3 rings (SSSR count). The smallest absolute Gasteiger partial charge is 0.408 e. The second-order valence-electron chi connectivity index (χ2n) is 4.69. The molecule has 2 aromatic rings. The van der Waals surface area contributed by atoms with Gasteiger partial charge in [-0.3, -0.25) is 0 Å². The largest absolute Gasteiger partial charge is 0.450 e. The zero-order valence-corrected chi connectivity index (χ0v) is 13.0. The average Bonchev–Trinajstić information content (AvgIpc) is 2.55. The minimum atomic E-state index is -0.428. The van der Waals surface area contributed by atoms with Crippen LogP contribution in [0, 0.1) is 0 Å². The summed E-state index contributed by atoms with van der Waals surface area (Å²) in [6.45, 7) is 2.13. The van der Waals surface area contributed by atoms with Gasteiger partial charge in [-0.15, -0.1) is 0 Å². The molecule has 0 fully saturated rings. The molecule has 0 saturated heterocycles. The van der Waals surface area contributed by atoms with Gasteiger partial charge in [0, 0.05) is 4.90 Å². The number of aliphatic imine (C=N–C) groups is 1. The highest BCUT2D eigenvalue weighted by molar-refractivity contribution is 8.00. The zero-order chi connectivity index (χ0) is 15.4. The van der Waals surface area contributed by atoms with E-state index < -0.39 is 6.09 Å². The van der Waals surface area contributed by atoms with Crippen LogP contribution in [0.5, 0.6) is 0 Å². The second-order valence-corrected chi connectivity index (χ2v) is 5.84. The Labute approximate surface area is 133 Å². The van der Waals surface area contributed by atoms with Gasteiger partial charge in [0.05, 0.1) is 18.0 Å². The lowest BCUT2D eigenvalue weighted by Crippen LogP contribution is -2.40. The summed E-state index contributed by atoms with van der Waals surface area (Å²) in [5.41, 5.74) is 2.75. The molecule has 4 nitrogen and oxygen atoms in total. The second kappa shape index (κ2) is 6.66. The van der Waals surface area contributed by atoms with Crippen LogP contribution in [-0.2, 0) is 4.74 Å². The Balaban J connectivity index is 1.96. The summed E-state index contributed by atoms with van der Waals surface area (Å²) in [5.74, 6) is 0. The fourth-order valence-electron chi connectivity index (χ4n) is 2.22. The highest BCUT2D eigenvalue weighted by Crippen LogP contribution is 2.38. The molecule has 1 atom stereocenters. The molecule has 1 N–H and O–H groups in total. The van der Waals surface area contributed by atoms with Crippen molar-refractivity contribution in [1.82, 2.24) is 5.32 Å². The maximum Gasteiger partial charge on any atom is 0.408 e. The minimum Gasteiger partial charge on any atom is -0.450 e. The molecule has 5 heteroatoms. The van der Waals surface area contributed by atoms with Crippen molar-refractivity contribution >= 4 is 29.3 Å². The standard InChI is InChI=1S/C17H16N2O2S/c1-2-21-17(20)19-16-15(12-8-4-3-5-9-12)18-13-10-6-7-11-14(13)22-16/h3-11,16H,2H2,1H3,(H,19,20)/t16-/m0/s1. The van der Waals surface area contributed by atoms with Crippen molar-refractivity contribution in [3.63, 3.8) is 0 Å². The van der Waals surface area contributed by atoms with E-state index in [1.807, 2.05) is 54.6 Å². The minimum absolute atomic E-state index is 0.267. The predicted octanol–water partition coefficient (Wildman–Crippen LogP) is 3.99. The number of thioether (sulfide) groups is 1. The van der Waals surface area contributed by atoms with E-state index in [1.165, 1.54) is 0 Å². The van der Waals surface area contributed by atoms with Gasteiger partial charge in [0.1, 0.15) is 5.37 Å². The summed E-state index contributed by atoms with van der Waals surface area (Å²) in [5, 5.41) is 2.61. The quantitative estimate of drug-likeness (QED) is 0.932. The first kappa shape index (κ1) is 14.7. The molecule has 0 unspecified atom stereocenters. The maximum atomic E-state index is 11.8. The number of hydrogen-bond donors (Lipinski definition) is 1. The number of benzene rings is 2. The fraction of sp³-hybridized carbons (Fsp3) is 0.176. The highest BCUT2D eigenvalue weighted by Gasteiger charge is 2.26. The number of alkyl carbamates (subject to hydrolysis) is 1. The molecule has 0 aromatic heterocycles. The first-order valence-electron chi connectivity index (χ1n) is 7.11. The fourth-order valence-corrected chi connectivity index (χ4v) is 3.32. The van der Waals surface area contributed by atoms with Gasteiger partial charge in [-0.1, -0.05) is 54.2 Å². The molecular formula is C17H16N2O2S. The third-order valence-corrected chi connectivity index (χ3v) is 4.37. The Morgan fingerprint density at radius 1 is 1.18 bits per heavy atom. The van der Waals surface area contributed by atoms with Crippen LogP contribution in [0.25, 0.3) is 0 Å². The van der Waals surface area contributed by atoms with Crippen LogP contribution in [0.2, 0.25) is 0 Å². The van der Waals surface area contributed by atoms with Gasteiger partial charge >= 0.3 is 6.09 Å². The van der Waals surface area contributed by atoms with Crippen molar-refractivity contribution < 1.29 is 9.53 Å². The normalized spacial score (nSPS) is 16.4. The molecular weight excluding hydrogens is 296 g/mol. The van der Waals surface area contributed by atoms with E-state index in [9.17, 15) is 4.79 Å². The van der Waals surface area contributed by atoms with Crippen LogP contribution in [0.4, 0.5) is 10.5 Å². The number of carbonyl (C=O) groups excluding carboxylic acids is 1. The molecule has 0 aliphatic carbocycles. The molecule has 1 aliphatic heterocycles. The SMILES string of the molecule is CCOC(=O)N[C@H]1Sc2ccccc2N=C1c1ccccc1. The molecule has 0 radical (unpaired) electrons. The molecule has 0 bridgehead atoms. The molecule has 22 heavy (non-hydrogen) atoms. The zero-order valence-electron chi connectivity index (χ0n) is 12.2. The van der Waals surface area contributed by atoms with Crippen LogP contribution in [0.1, 0.15) is 12.5 Å². The number of hydrogen-bond acceptors (Lipinski definition) is 4. The highest BCUT2D eigenvalue weighted by atomic mass is 32.2. The number of nitrogens with one attached hydrogen (secondary N) is 1. The van der Waals surface area contributed by atoms with Crippen molar-refractivity contribution in [2.45, 2.75) is 17.2 Å². The topological polar surface area (TPSA) is 50.7 Å². The molecule has 0 saturated carbocycles. The van der Waals surface area contributed by atoms with Gasteiger partial charge in [-0.05, 0) is 24.6 Å². The van der Waals surface area contributed by atoms with Crippen LogP contribution in [0.15, 0.2) is 64.5 Å². The van der Waals surface area contributed by atoms with Gasteiger partial charge in [-0.25, -0.2) is 9.79 Å². The molecule has 112 valence electrons. The number of amides is 1. The van der Waals surface area contributed by atoms with Crippen molar-refractivity contribution in [3.05, 3.63) is 60.2 Å². The predicted molar refractivity (Wildman–Crippen MR) is 88.9 cm³/mol. The maximum absolute atomic E-state index is 11.8. The lowest BCUT2D eigenvalue weighted by molar-refractivity contribution is 0.153. The third-order valence-electron chi connectivity index (χ3n) is 3.19. The average molecular weight is 312 g/mol. The van der Waals surface area contributed by atoms with E-state index in [0.717, 1.165) is 21.9 Å². The van der Waals surface area contributed by atoms with E-state index in [4.69, 9.17) is 9.73 Å². The third kappa shape index (κ3) is 3.14. The van der Waals surface area contributed by atoms with E-state index in [-0.39, 0.29) is 5.37 Å². The van der Waals surface area contributed by atoms with Crippen LogP contribution in [0.3, 0.4) is 0 Å². The molecule has 1 amide bonds. The lowest BCUT2D eigenvalue weighted by atomic mass is 10.1. The number of rotatable bonds is 3. The summed E-state index contributed by atoms with van der Waals surface area (Å²) >= 11 is 1.57. The van der Waals surface area contributed by atoms with Crippen molar-refractivity contribution in [1.29, 1.82) is 0 Å². The first-order valence-corrected chi connectivity index (χ1v) is 7.99. The van der Waals surface area contributed by atoms with E-state index in [2.05, 4.69) is 5.32 Å². The van der Waals surface area contributed by atoms with Gasteiger partial charge in [-0.2, -0.15) is 0 Å². The van der Waals surface area contributed by atoms with E-state index >= 15 is 0 Å². The van der Waals surface area contributed by atoms with Crippen molar-refractivity contribution in [2.24, 2.45) is 4.99 Å². The van der Waals surface area contributed by atoms with Gasteiger partial charge in [0.25, 0.3) is 0 Å². The van der Waals surface area contributed by atoms with Crippen LogP contribution >= 0.6 is 11.8 Å². The van der Waals surface area contributed by atoms with Crippen molar-refractivity contribution in [3.8, 4) is 0 Å². The van der Waals surface area contributed by atoms with Gasteiger partial charge in [0.2, 0.25) is 0 Å². The molecule has 0 spiro atoms. The Morgan fingerprint density at radius 2 is 1.91 bits per heavy atom. The summed E-state index contributed by atoms with van der Waals surface area (Å²) < 4.78 is 5.00. The molecule has 1 aliphatic rings. The Hall–Kier alpha value is -2.27. The van der Waals surface area contributed by atoms with Crippen molar-refractivity contribution in [2.75, 3.05) is 6.61 Å². The Bertz CT molecular complexity index is 701.